The van der Waals surface area contributed by atoms with Gasteiger partial charge in [0.25, 0.3) is 5.91 Å². The molecule has 9 nitrogen and oxygen atoms in total. The molecule has 1 aromatic heterocycles. The monoisotopic (exact) mass is 317 g/mol. The topological polar surface area (TPSA) is 138 Å². The third-order valence-corrected chi connectivity index (χ3v) is 3.04. The molecule has 21 heavy (non-hydrogen) atoms. The second-order valence-corrected chi connectivity index (χ2v) is 4.57. The number of amides is 2. The van der Waals surface area contributed by atoms with Crippen molar-refractivity contribution in [2.24, 2.45) is 0 Å². The Bertz CT molecular complexity index is 492. The van der Waals surface area contributed by atoms with Gasteiger partial charge in [-0.3, -0.25) is 9.59 Å². The van der Waals surface area contributed by atoms with Crippen LogP contribution in [0.5, 0.6) is 0 Å². The van der Waals surface area contributed by atoms with E-state index < -0.39 is 43.1 Å². The fraction of sp³-hybridized carbons (Fsp3) is 0.455. The zero-order chi connectivity index (χ0) is 15.8. The molecule has 0 unspecified atom stereocenters. The van der Waals surface area contributed by atoms with Crippen molar-refractivity contribution >= 4 is 29.1 Å². The molecule has 0 fully saturated rings. The van der Waals surface area contributed by atoms with E-state index in [1.807, 2.05) is 0 Å². The van der Waals surface area contributed by atoms with Gasteiger partial charge in [-0.15, -0.1) is 11.3 Å². The Balaban J connectivity index is 2.64. The van der Waals surface area contributed by atoms with Gasteiger partial charge in [0, 0.05) is 5.38 Å². The summed E-state index contributed by atoms with van der Waals surface area (Å²) in [6.07, 6.45) is 0. The van der Waals surface area contributed by atoms with Crippen LogP contribution in [-0.4, -0.2) is 65.4 Å². The molecule has 116 valence electrons. The van der Waals surface area contributed by atoms with Crippen LogP contribution in [0.2, 0.25) is 0 Å². The Morgan fingerprint density at radius 3 is 2.43 bits per heavy atom. The van der Waals surface area contributed by atoms with Crippen LogP contribution in [0.4, 0.5) is 0 Å². The Hall–Kier alpha value is -2.04. The van der Waals surface area contributed by atoms with Crippen molar-refractivity contribution < 1.29 is 29.3 Å². The normalized spacial score (nSPS) is 13.1. The van der Waals surface area contributed by atoms with E-state index in [9.17, 15) is 14.4 Å². The van der Waals surface area contributed by atoms with E-state index in [4.69, 9.17) is 10.2 Å². The van der Waals surface area contributed by atoms with Gasteiger partial charge < -0.3 is 25.6 Å². The molecule has 2 atom stereocenters. The number of carbonyl (C=O) groups is 3. The van der Waals surface area contributed by atoms with Crippen LogP contribution in [0.1, 0.15) is 10.5 Å². The number of aliphatic hydroxyl groups is 2. The minimum atomic E-state index is -1.28. The molecular weight excluding hydrogens is 302 g/mol. The molecule has 0 aliphatic rings. The first-order chi connectivity index (χ1) is 10.0. The van der Waals surface area contributed by atoms with Crippen LogP contribution in [0.15, 0.2) is 10.9 Å². The number of aliphatic hydroxyl groups excluding tert-OH is 2. The molecule has 1 aromatic rings. The molecular formula is C11H15N3O6S. The lowest BCUT2D eigenvalue weighted by atomic mass is 10.2. The SMILES string of the molecule is COC(=O)[C@H](CO)NC(=O)[C@H](CO)NC(=O)c1cscn1. The summed E-state index contributed by atoms with van der Waals surface area (Å²) in [5.41, 5.74) is 1.56. The number of thiazole rings is 1. The van der Waals surface area contributed by atoms with Crippen LogP contribution in [-0.2, 0) is 14.3 Å². The predicted molar refractivity (Wildman–Crippen MR) is 71.5 cm³/mol. The van der Waals surface area contributed by atoms with Crippen LogP contribution >= 0.6 is 11.3 Å². The van der Waals surface area contributed by atoms with Gasteiger partial charge in [-0.05, 0) is 0 Å². The number of ether oxygens (including phenoxy) is 1. The lowest BCUT2D eigenvalue weighted by molar-refractivity contribution is -0.146. The van der Waals surface area contributed by atoms with Crippen molar-refractivity contribution in [2.75, 3.05) is 20.3 Å². The summed E-state index contributed by atoms with van der Waals surface area (Å²) in [6, 6.07) is -2.55. The first-order valence-corrected chi connectivity index (χ1v) is 6.76. The first-order valence-electron chi connectivity index (χ1n) is 5.82. The second-order valence-electron chi connectivity index (χ2n) is 3.85. The highest BCUT2D eigenvalue weighted by Crippen LogP contribution is 2.01. The maximum absolute atomic E-state index is 11.8. The van der Waals surface area contributed by atoms with Gasteiger partial charge in [-0.25, -0.2) is 9.78 Å². The molecule has 0 saturated heterocycles. The Morgan fingerprint density at radius 2 is 1.95 bits per heavy atom. The van der Waals surface area contributed by atoms with E-state index in [0.717, 1.165) is 7.11 Å². The third kappa shape index (κ3) is 4.77. The molecule has 0 radical (unpaired) electrons. The minimum absolute atomic E-state index is 0.109. The number of aromatic nitrogens is 1. The van der Waals surface area contributed by atoms with Crippen LogP contribution in [0, 0.1) is 0 Å². The molecule has 0 aromatic carbocycles. The highest BCUT2D eigenvalue weighted by atomic mass is 32.1. The molecule has 0 aliphatic carbocycles. The van der Waals surface area contributed by atoms with Gasteiger partial charge in [0.15, 0.2) is 6.04 Å². The maximum Gasteiger partial charge on any atom is 0.330 e. The quantitative estimate of drug-likeness (QED) is 0.422. The van der Waals surface area contributed by atoms with Gasteiger partial charge >= 0.3 is 5.97 Å². The summed E-state index contributed by atoms with van der Waals surface area (Å²) in [5.74, 6) is -2.30. The maximum atomic E-state index is 11.8. The number of hydrogen-bond donors (Lipinski definition) is 4. The van der Waals surface area contributed by atoms with E-state index in [1.54, 1.807) is 0 Å². The van der Waals surface area contributed by atoms with Crippen molar-refractivity contribution in [2.45, 2.75) is 12.1 Å². The van der Waals surface area contributed by atoms with Gasteiger partial charge in [-0.2, -0.15) is 0 Å². The summed E-state index contributed by atoms with van der Waals surface area (Å²) >= 11 is 1.20. The first kappa shape index (κ1) is 17.0. The molecule has 0 bridgehead atoms. The molecule has 0 saturated carbocycles. The van der Waals surface area contributed by atoms with Crippen molar-refractivity contribution in [3.63, 3.8) is 0 Å². The van der Waals surface area contributed by atoms with E-state index >= 15 is 0 Å². The summed E-state index contributed by atoms with van der Waals surface area (Å²) in [4.78, 5) is 38.6. The minimum Gasteiger partial charge on any atom is -0.467 e. The van der Waals surface area contributed by atoms with E-state index in [0.29, 0.717) is 0 Å². The van der Waals surface area contributed by atoms with Crippen molar-refractivity contribution in [1.82, 2.24) is 15.6 Å². The number of methoxy groups -OCH3 is 1. The zero-order valence-electron chi connectivity index (χ0n) is 11.1. The third-order valence-electron chi connectivity index (χ3n) is 2.45. The average Bonchev–Trinajstić information content (AvgIpc) is 3.03. The summed E-state index contributed by atoms with van der Waals surface area (Å²) in [6.45, 7) is -1.35. The Kier molecular flexibility index (Phi) is 6.72. The van der Waals surface area contributed by atoms with E-state index in [1.165, 1.54) is 22.2 Å². The molecule has 10 heteroatoms. The van der Waals surface area contributed by atoms with E-state index in [2.05, 4.69) is 20.4 Å². The lowest BCUT2D eigenvalue weighted by Gasteiger charge is -2.19. The molecule has 1 rings (SSSR count). The predicted octanol–water partition coefficient (Wildman–Crippen LogP) is -2.12. The summed E-state index contributed by atoms with van der Waals surface area (Å²) < 4.78 is 4.39. The van der Waals surface area contributed by atoms with Crippen molar-refractivity contribution in [3.05, 3.63) is 16.6 Å². The van der Waals surface area contributed by atoms with Gasteiger partial charge in [0.05, 0.1) is 25.8 Å². The highest BCUT2D eigenvalue weighted by Gasteiger charge is 2.26. The number of hydrogen-bond acceptors (Lipinski definition) is 8. The smallest absolute Gasteiger partial charge is 0.330 e. The fourth-order valence-electron chi connectivity index (χ4n) is 1.34. The summed E-state index contributed by atoms with van der Waals surface area (Å²) in [7, 11) is 1.10. The average molecular weight is 317 g/mol. The van der Waals surface area contributed by atoms with Crippen LogP contribution < -0.4 is 10.6 Å². The number of carbonyl (C=O) groups excluding carboxylic acids is 3. The number of esters is 1. The lowest BCUT2D eigenvalue weighted by Crippen LogP contribution is -2.54. The molecule has 4 N–H and O–H groups in total. The zero-order valence-corrected chi connectivity index (χ0v) is 11.9. The fourth-order valence-corrected chi connectivity index (χ4v) is 1.88. The van der Waals surface area contributed by atoms with Gasteiger partial charge in [0.1, 0.15) is 11.7 Å². The van der Waals surface area contributed by atoms with Crippen LogP contribution in [0.25, 0.3) is 0 Å². The molecule has 0 spiro atoms. The van der Waals surface area contributed by atoms with Crippen molar-refractivity contribution in [3.8, 4) is 0 Å². The Labute approximate surface area is 123 Å². The largest absolute Gasteiger partial charge is 0.467 e. The second kappa shape index (κ2) is 8.29. The number of rotatable bonds is 7. The van der Waals surface area contributed by atoms with Gasteiger partial charge in [-0.1, -0.05) is 0 Å². The Morgan fingerprint density at radius 1 is 1.29 bits per heavy atom. The highest BCUT2D eigenvalue weighted by molar-refractivity contribution is 7.07. The van der Waals surface area contributed by atoms with Crippen molar-refractivity contribution in [1.29, 1.82) is 0 Å². The molecule has 0 aliphatic heterocycles. The molecule has 2 amide bonds. The number of nitrogens with one attached hydrogen (secondary N) is 2. The number of nitrogens with zero attached hydrogens (tertiary/aromatic N) is 1. The van der Waals surface area contributed by atoms with Gasteiger partial charge in [0.2, 0.25) is 5.91 Å². The standard InChI is InChI=1S/C11H15N3O6S/c1-20-11(19)7(3-16)14-9(17)6(2-15)13-10(18)8-4-21-5-12-8/h4-7,15-16H,2-3H2,1H3,(H,13,18)(H,14,17)/t6-,7-/m0/s1. The van der Waals surface area contributed by atoms with E-state index in [-0.39, 0.29) is 5.69 Å². The molecule has 1 heterocycles. The van der Waals surface area contributed by atoms with Crippen LogP contribution in [0.3, 0.4) is 0 Å². The summed E-state index contributed by atoms with van der Waals surface area (Å²) in [5, 5.41) is 24.0.